The van der Waals surface area contributed by atoms with E-state index in [2.05, 4.69) is 61.0 Å². The van der Waals surface area contributed by atoms with Crippen molar-refractivity contribution in [2.75, 3.05) is 23.7 Å². The number of amides is 2. The van der Waals surface area contributed by atoms with E-state index in [-0.39, 0.29) is 29.1 Å². The number of hydrogen-bond donors (Lipinski definition) is 3. The topological polar surface area (TPSA) is 88.1 Å². The van der Waals surface area contributed by atoms with Gasteiger partial charge in [-0.25, -0.2) is 9.48 Å². The lowest BCUT2D eigenvalue weighted by atomic mass is 9.76. The Bertz CT molecular complexity index is 1820. The minimum atomic E-state index is -0.358. The number of rotatable bonds is 8. The third-order valence-electron chi connectivity index (χ3n) is 8.97. The molecule has 2 amide bonds. The molecule has 0 aliphatic carbocycles. The molecule has 4 aromatic carbocycles. The number of Topliss-reactive ketones (excluding diaryl/α,β-unsaturated/α-hetero) is 1. The lowest BCUT2D eigenvalue weighted by molar-refractivity contribution is -0.121. The van der Waals surface area contributed by atoms with E-state index in [4.69, 9.17) is 5.10 Å². The number of fused-ring (bicyclic) bond motifs is 1. The van der Waals surface area contributed by atoms with Gasteiger partial charge >= 0.3 is 6.03 Å². The fourth-order valence-electron chi connectivity index (χ4n) is 6.41. The molecule has 3 N–H and O–H groups in total. The minimum absolute atomic E-state index is 0.186. The highest BCUT2D eigenvalue weighted by atomic mass is 16.2. The molecule has 0 spiro atoms. The smallest absolute Gasteiger partial charge is 0.317 e. The molecule has 1 aliphatic heterocycles. The summed E-state index contributed by atoms with van der Waals surface area (Å²) in [5.74, 6) is 0.891. The van der Waals surface area contributed by atoms with Crippen LogP contribution < -0.4 is 16.0 Å². The average molecular weight is 614 g/mol. The number of anilines is 2. The maximum Gasteiger partial charge on any atom is 0.324 e. The molecule has 7 heteroatoms. The molecule has 6 rings (SSSR count). The van der Waals surface area contributed by atoms with E-state index in [0.717, 1.165) is 64.8 Å². The summed E-state index contributed by atoms with van der Waals surface area (Å²) in [4.78, 5) is 27.3. The van der Waals surface area contributed by atoms with Crippen molar-refractivity contribution < 1.29 is 9.59 Å². The second kappa shape index (κ2) is 13.3. The van der Waals surface area contributed by atoms with Gasteiger partial charge in [0.1, 0.15) is 11.6 Å². The average Bonchev–Trinajstić information content (AvgIpc) is 3.47. The Morgan fingerprint density at radius 3 is 2.30 bits per heavy atom. The summed E-state index contributed by atoms with van der Waals surface area (Å²) in [7, 11) is 0. The van der Waals surface area contributed by atoms with Gasteiger partial charge in [-0.2, -0.15) is 5.10 Å². The van der Waals surface area contributed by atoms with Crippen LogP contribution in [0.1, 0.15) is 61.9 Å². The van der Waals surface area contributed by atoms with E-state index < -0.39 is 0 Å². The first kappa shape index (κ1) is 31.2. The van der Waals surface area contributed by atoms with Crippen LogP contribution >= 0.6 is 0 Å². The second-order valence-corrected chi connectivity index (χ2v) is 13.5. The Balaban J connectivity index is 1.20. The predicted molar refractivity (Wildman–Crippen MR) is 187 cm³/mol. The molecule has 46 heavy (non-hydrogen) atoms. The zero-order valence-corrected chi connectivity index (χ0v) is 27.1. The number of benzene rings is 4. The summed E-state index contributed by atoms with van der Waals surface area (Å²) in [5, 5.41) is 16.5. The van der Waals surface area contributed by atoms with Crippen LogP contribution in [0.15, 0.2) is 97.1 Å². The molecule has 5 aromatic rings. The standard InChI is InChI=1S/C39H43N5O2/c1-26-12-18-32(19-13-26)44-36(25-35(43-44)39(2,3)4)42-38(46)41-31-16-14-28(15-17-31)37(29-20-22-40-23-21-29)34(45)24-30-10-7-9-27-8-5-6-11-33(27)30/h5-19,25,29,37,40H,20-24H2,1-4H3,(H2,41,42,46). The Morgan fingerprint density at radius 1 is 0.891 bits per heavy atom. The number of piperidine rings is 1. The van der Waals surface area contributed by atoms with Crippen molar-refractivity contribution >= 4 is 34.1 Å². The summed E-state index contributed by atoms with van der Waals surface area (Å²) >= 11 is 0. The summed E-state index contributed by atoms with van der Waals surface area (Å²) < 4.78 is 1.77. The maximum absolute atomic E-state index is 14.1. The molecular weight excluding hydrogens is 570 g/mol. The van der Waals surface area contributed by atoms with Gasteiger partial charge in [-0.05, 0) is 84.9 Å². The molecule has 0 saturated carbocycles. The summed E-state index contributed by atoms with van der Waals surface area (Å²) in [6.07, 6.45) is 2.31. The number of aromatic nitrogens is 2. The molecule has 1 aliphatic rings. The van der Waals surface area contributed by atoms with Crippen LogP contribution in [0, 0.1) is 12.8 Å². The highest BCUT2D eigenvalue weighted by Crippen LogP contribution is 2.34. The van der Waals surface area contributed by atoms with E-state index in [0.29, 0.717) is 17.9 Å². The fourth-order valence-corrected chi connectivity index (χ4v) is 6.41. The lowest BCUT2D eigenvalue weighted by Gasteiger charge is -2.30. The van der Waals surface area contributed by atoms with Crippen molar-refractivity contribution in [3.8, 4) is 5.69 Å². The van der Waals surface area contributed by atoms with Crippen molar-refractivity contribution in [2.24, 2.45) is 5.92 Å². The summed E-state index contributed by atoms with van der Waals surface area (Å²) in [6.45, 7) is 10.2. The number of urea groups is 1. The third-order valence-corrected chi connectivity index (χ3v) is 8.97. The van der Waals surface area contributed by atoms with E-state index in [1.54, 1.807) is 4.68 Å². The highest BCUT2D eigenvalue weighted by Gasteiger charge is 2.31. The molecule has 236 valence electrons. The number of nitrogens with one attached hydrogen (secondary N) is 3. The molecule has 1 aromatic heterocycles. The van der Waals surface area contributed by atoms with Crippen molar-refractivity contribution in [2.45, 2.75) is 58.3 Å². The molecule has 0 radical (unpaired) electrons. The number of hydrogen-bond acceptors (Lipinski definition) is 4. The number of aryl methyl sites for hydroxylation is 1. The monoisotopic (exact) mass is 613 g/mol. The van der Waals surface area contributed by atoms with E-state index in [1.807, 2.05) is 79.7 Å². The van der Waals surface area contributed by atoms with Gasteiger partial charge in [-0.15, -0.1) is 0 Å². The SMILES string of the molecule is Cc1ccc(-n2nc(C(C)(C)C)cc2NC(=O)Nc2ccc(C(C(=O)Cc3cccc4ccccc34)C3CCNCC3)cc2)cc1. The molecule has 1 atom stereocenters. The Labute approximate surface area is 271 Å². The van der Waals surface area contributed by atoms with Gasteiger partial charge in [-0.3, -0.25) is 10.1 Å². The molecule has 1 fully saturated rings. The van der Waals surface area contributed by atoms with E-state index in [9.17, 15) is 9.59 Å². The first-order valence-electron chi connectivity index (χ1n) is 16.2. The first-order valence-corrected chi connectivity index (χ1v) is 16.2. The Kier molecular flexibility index (Phi) is 9.04. The maximum atomic E-state index is 14.1. The van der Waals surface area contributed by atoms with Crippen molar-refractivity contribution in [3.05, 3.63) is 119 Å². The van der Waals surface area contributed by atoms with Gasteiger partial charge in [0.2, 0.25) is 0 Å². The number of ketones is 1. The summed E-state index contributed by atoms with van der Waals surface area (Å²) in [6, 6.07) is 31.9. The molecule has 1 unspecified atom stereocenters. The van der Waals surface area contributed by atoms with Gasteiger partial charge in [0.15, 0.2) is 0 Å². The molecule has 7 nitrogen and oxygen atoms in total. The van der Waals surface area contributed by atoms with Gasteiger partial charge in [0.25, 0.3) is 0 Å². The zero-order chi connectivity index (χ0) is 32.3. The van der Waals surface area contributed by atoms with Gasteiger partial charge < -0.3 is 10.6 Å². The number of nitrogens with zero attached hydrogens (tertiary/aromatic N) is 2. The zero-order valence-electron chi connectivity index (χ0n) is 27.1. The largest absolute Gasteiger partial charge is 0.324 e. The van der Waals surface area contributed by atoms with Gasteiger partial charge in [0, 0.05) is 29.5 Å². The van der Waals surface area contributed by atoms with Gasteiger partial charge in [0.05, 0.1) is 11.4 Å². The highest BCUT2D eigenvalue weighted by molar-refractivity contribution is 5.99. The summed E-state index contributed by atoms with van der Waals surface area (Å²) in [5.41, 5.74) is 5.44. The Morgan fingerprint density at radius 2 is 1.59 bits per heavy atom. The van der Waals surface area contributed by atoms with Crippen LogP contribution in [0.2, 0.25) is 0 Å². The van der Waals surface area contributed by atoms with Crippen molar-refractivity contribution in [1.82, 2.24) is 15.1 Å². The molecule has 1 saturated heterocycles. The number of carbonyl (C=O) groups excluding carboxylic acids is 2. The first-order chi connectivity index (χ1) is 22.2. The van der Waals surface area contributed by atoms with Crippen LogP contribution in [-0.2, 0) is 16.6 Å². The molecule has 2 heterocycles. The molecule has 0 bridgehead atoms. The second-order valence-electron chi connectivity index (χ2n) is 13.5. The van der Waals surface area contributed by atoms with Crippen LogP contribution in [0.5, 0.6) is 0 Å². The Hall–Kier alpha value is -4.75. The van der Waals surface area contributed by atoms with Gasteiger partial charge in [-0.1, -0.05) is 93.1 Å². The molecular formula is C39H43N5O2. The van der Waals surface area contributed by atoms with E-state index >= 15 is 0 Å². The minimum Gasteiger partial charge on any atom is -0.317 e. The quantitative estimate of drug-likeness (QED) is 0.165. The third kappa shape index (κ3) is 7.05. The predicted octanol–water partition coefficient (Wildman–Crippen LogP) is 8.17. The van der Waals surface area contributed by atoms with Crippen LogP contribution in [0.25, 0.3) is 16.5 Å². The normalized spacial score (nSPS) is 14.6. The van der Waals surface area contributed by atoms with Crippen LogP contribution in [0.3, 0.4) is 0 Å². The van der Waals surface area contributed by atoms with Crippen LogP contribution in [-0.4, -0.2) is 34.7 Å². The number of carbonyl (C=O) groups is 2. The van der Waals surface area contributed by atoms with Crippen molar-refractivity contribution in [1.29, 1.82) is 0 Å². The van der Waals surface area contributed by atoms with Crippen LogP contribution in [0.4, 0.5) is 16.3 Å². The van der Waals surface area contributed by atoms with E-state index in [1.165, 1.54) is 0 Å². The fraction of sp³-hybridized carbons (Fsp3) is 0.308. The van der Waals surface area contributed by atoms with Crippen molar-refractivity contribution in [3.63, 3.8) is 0 Å². The lowest BCUT2D eigenvalue weighted by Crippen LogP contribution is -2.34.